The summed E-state index contributed by atoms with van der Waals surface area (Å²) in [6.45, 7) is 0.759. The average molecular weight is 299 g/mol. The first-order valence-electron chi connectivity index (χ1n) is 8.18. The molecule has 2 aromatic rings. The third-order valence-corrected chi connectivity index (χ3v) is 5.24. The zero-order valence-electron chi connectivity index (χ0n) is 12.9. The fourth-order valence-corrected chi connectivity index (χ4v) is 4.13. The molecule has 2 aliphatic heterocycles. The van der Waals surface area contributed by atoms with Crippen LogP contribution in [0, 0.1) is 5.82 Å². The van der Waals surface area contributed by atoms with E-state index in [4.69, 9.17) is 0 Å². The van der Waals surface area contributed by atoms with Crippen molar-refractivity contribution in [3.8, 4) is 0 Å². The molecule has 1 aromatic carbocycles. The van der Waals surface area contributed by atoms with Crippen molar-refractivity contribution in [2.24, 2.45) is 0 Å². The van der Waals surface area contributed by atoms with Gasteiger partial charge in [0, 0.05) is 36.3 Å². The van der Waals surface area contributed by atoms with Crippen molar-refractivity contribution in [3.63, 3.8) is 0 Å². The lowest BCUT2D eigenvalue weighted by molar-refractivity contribution is 0.166. The van der Waals surface area contributed by atoms with Gasteiger partial charge in [0.2, 0.25) is 0 Å². The Morgan fingerprint density at radius 3 is 2.82 bits per heavy atom. The Kier molecular flexibility index (Phi) is 3.59. The largest absolute Gasteiger partial charge is 0.311 e. The van der Waals surface area contributed by atoms with Gasteiger partial charge in [-0.15, -0.1) is 0 Å². The Morgan fingerprint density at radius 2 is 2.05 bits per heavy atom. The number of benzene rings is 1. The Morgan fingerprint density at radius 1 is 1.27 bits per heavy atom. The summed E-state index contributed by atoms with van der Waals surface area (Å²) in [5.74, 6) is -0.172. The van der Waals surface area contributed by atoms with E-state index in [-0.39, 0.29) is 5.82 Å². The standard InChI is InChI=1S/C18H22FN3/c1-22(17-9-15-4-5-16(10-17)21-15)11-13-8-14(19)7-12-3-2-6-20-18(12)13/h2-3,6-8,15-17,21H,4-5,9-11H2,1H3. The number of hydrogen-bond acceptors (Lipinski definition) is 3. The van der Waals surface area contributed by atoms with E-state index in [1.165, 1.54) is 25.7 Å². The predicted molar refractivity (Wildman–Crippen MR) is 86.1 cm³/mol. The first kappa shape index (κ1) is 14.1. The van der Waals surface area contributed by atoms with Crippen LogP contribution in [0.25, 0.3) is 10.9 Å². The third kappa shape index (κ3) is 2.61. The predicted octanol–water partition coefficient (Wildman–Crippen LogP) is 3.09. The van der Waals surface area contributed by atoms with Crippen LogP contribution in [0.5, 0.6) is 0 Å². The Bertz CT molecular complexity index is 675. The van der Waals surface area contributed by atoms with Gasteiger partial charge in [0.1, 0.15) is 5.82 Å². The van der Waals surface area contributed by atoms with E-state index in [9.17, 15) is 4.39 Å². The molecule has 116 valence electrons. The lowest BCUT2D eigenvalue weighted by Gasteiger charge is -2.35. The number of fused-ring (bicyclic) bond motifs is 3. The fourth-order valence-electron chi connectivity index (χ4n) is 4.13. The maximum atomic E-state index is 13.9. The number of aromatic nitrogens is 1. The maximum absolute atomic E-state index is 13.9. The van der Waals surface area contributed by atoms with Crippen LogP contribution in [-0.2, 0) is 6.54 Å². The molecule has 2 fully saturated rings. The van der Waals surface area contributed by atoms with Crippen LogP contribution in [-0.4, -0.2) is 35.1 Å². The topological polar surface area (TPSA) is 28.2 Å². The van der Waals surface area contributed by atoms with Crippen LogP contribution in [0.3, 0.4) is 0 Å². The molecule has 2 bridgehead atoms. The van der Waals surface area contributed by atoms with Gasteiger partial charge in [0.05, 0.1) is 5.52 Å². The lowest BCUT2D eigenvalue weighted by atomic mass is 9.98. The first-order valence-corrected chi connectivity index (χ1v) is 8.18. The summed E-state index contributed by atoms with van der Waals surface area (Å²) in [5.41, 5.74) is 1.91. The number of rotatable bonds is 3. The van der Waals surface area contributed by atoms with Crippen molar-refractivity contribution in [1.82, 2.24) is 15.2 Å². The molecule has 2 saturated heterocycles. The normalized spacial score (nSPS) is 27.7. The van der Waals surface area contributed by atoms with Crippen molar-refractivity contribution in [2.45, 2.75) is 50.4 Å². The van der Waals surface area contributed by atoms with Crippen LogP contribution < -0.4 is 5.32 Å². The van der Waals surface area contributed by atoms with E-state index >= 15 is 0 Å². The van der Waals surface area contributed by atoms with Crippen LogP contribution in [0.2, 0.25) is 0 Å². The van der Waals surface area contributed by atoms with Crippen LogP contribution in [0.1, 0.15) is 31.2 Å². The van der Waals surface area contributed by atoms with Crippen molar-refractivity contribution in [3.05, 3.63) is 41.8 Å². The van der Waals surface area contributed by atoms with Gasteiger partial charge < -0.3 is 5.32 Å². The van der Waals surface area contributed by atoms with Gasteiger partial charge in [-0.05, 0) is 56.5 Å². The molecule has 3 nitrogen and oxygen atoms in total. The zero-order chi connectivity index (χ0) is 15.1. The number of hydrogen-bond donors (Lipinski definition) is 1. The SMILES string of the molecule is CN(Cc1cc(F)cc2cccnc12)C1CC2CCC(C1)N2. The fraction of sp³-hybridized carbons (Fsp3) is 0.500. The highest BCUT2D eigenvalue weighted by atomic mass is 19.1. The summed E-state index contributed by atoms with van der Waals surface area (Å²) < 4.78 is 13.9. The van der Waals surface area contributed by atoms with Crippen LogP contribution >= 0.6 is 0 Å². The van der Waals surface area contributed by atoms with Crippen LogP contribution in [0.15, 0.2) is 30.5 Å². The van der Waals surface area contributed by atoms with Crippen molar-refractivity contribution >= 4 is 10.9 Å². The summed E-state index contributed by atoms with van der Waals surface area (Å²) in [6, 6.07) is 8.93. The van der Waals surface area contributed by atoms with Gasteiger partial charge in [-0.1, -0.05) is 6.07 Å². The summed E-state index contributed by atoms with van der Waals surface area (Å²) >= 11 is 0. The Labute approximate surface area is 130 Å². The molecule has 0 amide bonds. The van der Waals surface area contributed by atoms with E-state index in [1.807, 2.05) is 12.1 Å². The molecule has 2 aliphatic rings. The number of nitrogens with zero attached hydrogens (tertiary/aromatic N) is 2. The molecular formula is C18H22FN3. The minimum atomic E-state index is -0.172. The smallest absolute Gasteiger partial charge is 0.124 e. The number of halogens is 1. The molecule has 1 N–H and O–H groups in total. The molecule has 2 unspecified atom stereocenters. The second-order valence-corrected chi connectivity index (χ2v) is 6.82. The van der Waals surface area contributed by atoms with Gasteiger partial charge in [-0.2, -0.15) is 0 Å². The molecule has 4 rings (SSSR count). The number of piperidine rings is 1. The van der Waals surface area contributed by atoms with Crippen LogP contribution in [0.4, 0.5) is 4.39 Å². The third-order valence-electron chi connectivity index (χ3n) is 5.24. The minimum absolute atomic E-state index is 0.172. The first-order chi connectivity index (χ1) is 10.7. The molecule has 0 saturated carbocycles. The van der Waals surface area contributed by atoms with E-state index in [0.717, 1.165) is 23.0 Å². The molecule has 4 heteroatoms. The minimum Gasteiger partial charge on any atom is -0.311 e. The summed E-state index contributed by atoms with van der Waals surface area (Å²) in [7, 11) is 2.16. The number of nitrogens with one attached hydrogen (secondary N) is 1. The molecular weight excluding hydrogens is 277 g/mol. The van der Waals surface area contributed by atoms with Gasteiger partial charge >= 0.3 is 0 Å². The highest BCUT2D eigenvalue weighted by molar-refractivity contribution is 5.81. The lowest BCUT2D eigenvalue weighted by Crippen LogP contribution is -2.46. The molecule has 0 radical (unpaired) electrons. The van der Waals surface area contributed by atoms with Crippen molar-refractivity contribution < 1.29 is 4.39 Å². The molecule has 1 aromatic heterocycles. The number of pyridine rings is 1. The molecule has 2 atom stereocenters. The second-order valence-electron chi connectivity index (χ2n) is 6.82. The summed E-state index contributed by atoms with van der Waals surface area (Å²) in [6.07, 6.45) is 6.80. The van der Waals surface area contributed by atoms with Gasteiger partial charge in [0.25, 0.3) is 0 Å². The highest BCUT2D eigenvalue weighted by Crippen LogP contribution is 2.30. The molecule has 0 aliphatic carbocycles. The Balaban J connectivity index is 1.58. The average Bonchev–Trinajstić information content (AvgIpc) is 2.85. The molecule has 22 heavy (non-hydrogen) atoms. The monoisotopic (exact) mass is 299 g/mol. The highest BCUT2D eigenvalue weighted by Gasteiger charge is 2.35. The Hall–Kier alpha value is -1.52. The zero-order valence-corrected chi connectivity index (χ0v) is 12.9. The molecule has 0 spiro atoms. The van der Waals surface area contributed by atoms with Crippen molar-refractivity contribution in [2.75, 3.05) is 7.05 Å². The second kappa shape index (κ2) is 5.60. The van der Waals surface area contributed by atoms with E-state index < -0.39 is 0 Å². The van der Waals surface area contributed by atoms with Gasteiger partial charge in [-0.25, -0.2) is 4.39 Å². The van der Waals surface area contributed by atoms with Gasteiger partial charge in [-0.3, -0.25) is 9.88 Å². The molecule has 3 heterocycles. The van der Waals surface area contributed by atoms with E-state index in [2.05, 4.69) is 22.2 Å². The van der Waals surface area contributed by atoms with Crippen molar-refractivity contribution in [1.29, 1.82) is 0 Å². The quantitative estimate of drug-likeness (QED) is 0.944. The summed E-state index contributed by atoms with van der Waals surface area (Å²) in [4.78, 5) is 6.84. The maximum Gasteiger partial charge on any atom is 0.124 e. The summed E-state index contributed by atoms with van der Waals surface area (Å²) in [5, 5.41) is 4.56. The van der Waals surface area contributed by atoms with E-state index in [1.54, 1.807) is 18.3 Å². The van der Waals surface area contributed by atoms with E-state index in [0.29, 0.717) is 18.1 Å². The van der Waals surface area contributed by atoms with Gasteiger partial charge in [0.15, 0.2) is 0 Å².